The number of anilines is 1. The van der Waals surface area contributed by atoms with E-state index in [1.807, 2.05) is 42.2 Å². The van der Waals surface area contributed by atoms with Gasteiger partial charge in [0.05, 0.1) is 13.0 Å². The quantitative estimate of drug-likeness (QED) is 0.870. The predicted octanol–water partition coefficient (Wildman–Crippen LogP) is 1.98. The lowest BCUT2D eigenvalue weighted by Crippen LogP contribution is -2.42. The van der Waals surface area contributed by atoms with Gasteiger partial charge in [-0.25, -0.2) is 0 Å². The molecule has 1 aliphatic heterocycles. The molecule has 1 aliphatic rings. The Bertz CT molecular complexity index is 490. The molecule has 1 heterocycles. The highest BCUT2D eigenvalue weighted by Crippen LogP contribution is 2.21. The molecule has 2 rings (SSSR count). The maximum absolute atomic E-state index is 12.5. The minimum Gasteiger partial charge on any atom is -0.481 e. The molecule has 21 heavy (non-hydrogen) atoms. The zero-order chi connectivity index (χ0) is 15.2. The first kappa shape index (κ1) is 15.5. The van der Waals surface area contributed by atoms with Crippen molar-refractivity contribution in [2.24, 2.45) is 0 Å². The SMILES string of the molecule is CCN(C(=O)CN1CCCC1CC(=O)O)c1ccccc1. The lowest BCUT2D eigenvalue weighted by atomic mass is 10.1. The molecule has 0 bridgehead atoms. The Morgan fingerprint density at radius 3 is 2.67 bits per heavy atom. The first-order valence-corrected chi connectivity index (χ1v) is 7.43. The van der Waals surface area contributed by atoms with Crippen LogP contribution in [-0.2, 0) is 9.59 Å². The molecule has 1 unspecified atom stereocenters. The molecule has 1 amide bonds. The van der Waals surface area contributed by atoms with Gasteiger partial charge in [-0.2, -0.15) is 0 Å². The number of likely N-dealkylation sites (N-methyl/N-ethyl adjacent to an activating group) is 1. The number of rotatable bonds is 6. The third-order valence-electron chi connectivity index (χ3n) is 3.93. The number of carbonyl (C=O) groups is 2. The fourth-order valence-corrected chi connectivity index (χ4v) is 2.91. The van der Waals surface area contributed by atoms with Crippen molar-refractivity contribution >= 4 is 17.6 Å². The van der Waals surface area contributed by atoms with Gasteiger partial charge in [0.2, 0.25) is 5.91 Å². The van der Waals surface area contributed by atoms with E-state index in [0.29, 0.717) is 13.1 Å². The normalized spacial score (nSPS) is 18.6. The average Bonchev–Trinajstić information content (AvgIpc) is 2.87. The van der Waals surface area contributed by atoms with Gasteiger partial charge in [0.25, 0.3) is 0 Å². The third kappa shape index (κ3) is 4.04. The van der Waals surface area contributed by atoms with Crippen LogP contribution in [0.1, 0.15) is 26.2 Å². The molecule has 1 atom stereocenters. The number of carbonyl (C=O) groups excluding carboxylic acids is 1. The largest absolute Gasteiger partial charge is 0.481 e. The van der Waals surface area contributed by atoms with E-state index >= 15 is 0 Å². The summed E-state index contributed by atoms with van der Waals surface area (Å²) in [7, 11) is 0. The van der Waals surface area contributed by atoms with Gasteiger partial charge in [0.1, 0.15) is 0 Å². The van der Waals surface area contributed by atoms with Crippen LogP contribution in [0.5, 0.6) is 0 Å². The predicted molar refractivity (Wildman–Crippen MR) is 81.3 cm³/mol. The topological polar surface area (TPSA) is 60.9 Å². The number of hydrogen-bond acceptors (Lipinski definition) is 3. The summed E-state index contributed by atoms with van der Waals surface area (Å²) in [5.74, 6) is -0.768. The smallest absolute Gasteiger partial charge is 0.304 e. The van der Waals surface area contributed by atoms with E-state index in [2.05, 4.69) is 0 Å². The fraction of sp³-hybridized carbons (Fsp3) is 0.500. The van der Waals surface area contributed by atoms with Crippen LogP contribution in [0, 0.1) is 0 Å². The van der Waals surface area contributed by atoms with Crippen LogP contribution in [0.4, 0.5) is 5.69 Å². The molecule has 1 N–H and O–H groups in total. The van der Waals surface area contributed by atoms with Crippen molar-refractivity contribution in [2.45, 2.75) is 32.2 Å². The maximum atomic E-state index is 12.5. The second kappa shape index (κ2) is 7.22. The Hall–Kier alpha value is -1.88. The lowest BCUT2D eigenvalue weighted by molar-refractivity contribution is -0.138. The molecule has 0 saturated carbocycles. The Morgan fingerprint density at radius 1 is 1.33 bits per heavy atom. The molecule has 0 aliphatic carbocycles. The second-order valence-corrected chi connectivity index (χ2v) is 5.34. The molecule has 5 nitrogen and oxygen atoms in total. The van der Waals surface area contributed by atoms with Gasteiger partial charge in [-0.1, -0.05) is 18.2 Å². The van der Waals surface area contributed by atoms with Crippen molar-refractivity contribution in [1.82, 2.24) is 4.90 Å². The van der Waals surface area contributed by atoms with E-state index in [-0.39, 0.29) is 18.4 Å². The highest BCUT2D eigenvalue weighted by Gasteiger charge is 2.29. The molecule has 1 aromatic rings. The summed E-state index contributed by atoms with van der Waals surface area (Å²) in [6, 6.07) is 9.56. The van der Waals surface area contributed by atoms with Gasteiger partial charge < -0.3 is 10.0 Å². The standard InChI is InChI=1S/C16H22N2O3/c1-2-18(13-7-4-3-5-8-13)15(19)12-17-10-6-9-14(17)11-16(20)21/h3-5,7-8,14H,2,6,9-12H2,1H3,(H,20,21). The van der Waals surface area contributed by atoms with Crippen molar-refractivity contribution in [1.29, 1.82) is 0 Å². The zero-order valence-electron chi connectivity index (χ0n) is 12.4. The van der Waals surface area contributed by atoms with Crippen LogP contribution in [-0.4, -0.2) is 47.6 Å². The zero-order valence-corrected chi connectivity index (χ0v) is 12.4. The summed E-state index contributed by atoms with van der Waals surface area (Å²) in [6.45, 7) is 3.65. The minimum absolute atomic E-state index is 0.0130. The fourth-order valence-electron chi connectivity index (χ4n) is 2.91. The van der Waals surface area contributed by atoms with E-state index in [0.717, 1.165) is 25.1 Å². The number of nitrogens with zero attached hydrogens (tertiary/aromatic N) is 2. The van der Waals surface area contributed by atoms with Crippen LogP contribution in [0.3, 0.4) is 0 Å². The Labute approximate surface area is 125 Å². The number of amides is 1. The number of benzene rings is 1. The number of carboxylic acid groups (broad SMARTS) is 1. The summed E-state index contributed by atoms with van der Waals surface area (Å²) in [5, 5.41) is 8.94. The molecular weight excluding hydrogens is 268 g/mol. The van der Waals surface area contributed by atoms with E-state index in [4.69, 9.17) is 5.11 Å². The van der Waals surface area contributed by atoms with Gasteiger partial charge in [0, 0.05) is 18.3 Å². The minimum atomic E-state index is -0.797. The van der Waals surface area contributed by atoms with Gasteiger partial charge in [0.15, 0.2) is 0 Å². The summed E-state index contributed by atoms with van der Waals surface area (Å²) in [4.78, 5) is 27.1. The first-order valence-electron chi connectivity index (χ1n) is 7.43. The van der Waals surface area contributed by atoms with Crippen molar-refractivity contribution in [3.63, 3.8) is 0 Å². The highest BCUT2D eigenvalue weighted by molar-refractivity contribution is 5.94. The van der Waals surface area contributed by atoms with Crippen LogP contribution in [0.15, 0.2) is 30.3 Å². The molecule has 0 spiro atoms. The third-order valence-corrected chi connectivity index (χ3v) is 3.93. The van der Waals surface area contributed by atoms with Crippen LogP contribution < -0.4 is 4.90 Å². The van der Waals surface area contributed by atoms with Crippen LogP contribution in [0.25, 0.3) is 0 Å². The summed E-state index contributed by atoms with van der Waals surface area (Å²) in [6.07, 6.45) is 1.93. The number of hydrogen-bond donors (Lipinski definition) is 1. The van der Waals surface area contributed by atoms with Crippen molar-refractivity contribution in [3.05, 3.63) is 30.3 Å². The van der Waals surface area contributed by atoms with Gasteiger partial charge in [-0.05, 0) is 38.4 Å². The highest BCUT2D eigenvalue weighted by atomic mass is 16.4. The molecule has 0 radical (unpaired) electrons. The van der Waals surface area contributed by atoms with Gasteiger partial charge in [-0.15, -0.1) is 0 Å². The lowest BCUT2D eigenvalue weighted by Gasteiger charge is -2.27. The molecule has 0 aromatic heterocycles. The van der Waals surface area contributed by atoms with E-state index in [1.54, 1.807) is 4.90 Å². The van der Waals surface area contributed by atoms with E-state index in [9.17, 15) is 9.59 Å². The molecule has 114 valence electrons. The van der Waals surface area contributed by atoms with Crippen molar-refractivity contribution in [3.8, 4) is 0 Å². The molecule has 1 fully saturated rings. The Morgan fingerprint density at radius 2 is 2.05 bits per heavy atom. The summed E-state index contributed by atoms with van der Waals surface area (Å²) < 4.78 is 0. The maximum Gasteiger partial charge on any atom is 0.304 e. The van der Waals surface area contributed by atoms with Crippen LogP contribution in [0.2, 0.25) is 0 Å². The number of aliphatic carboxylic acids is 1. The number of carboxylic acids is 1. The first-order chi connectivity index (χ1) is 10.1. The molecule has 1 aromatic carbocycles. The number of para-hydroxylation sites is 1. The molecule has 1 saturated heterocycles. The van der Waals surface area contributed by atoms with Gasteiger partial charge >= 0.3 is 5.97 Å². The van der Waals surface area contributed by atoms with Crippen molar-refractivity contribution in [2.75, 3.05) is 24.5 Å². The number of likely N-dealkylation sites (tertiary alicyclic amines) is 1. The van der Waals surface area contributed by atoms with E-state index < -0.39 is 5.97 Å². The second-order valence-electron chi connectivity index (χ2n) is 5.34. The van der Waals surface area contributed by atoms with Gasteiger partial charge in [-0.3, -0.25) is 14.5 Å². The average molecular weight is 290 g/mol. The summed E-state index contributed by atoms with van der Waals surface area (Å²) >= 11 is 0. The monoisotopic (exact) mass is 290 g/mol. The Kier molecular flexibility index (Phi) is 5.33. The Balaban J connectivity index is 2.00. The summed E-state index contributed by atoms with van der Waals surface area (Å²) in [5.41, 5.74) is 0.888. The molecular formula is C16H22N2O3. The van der Waals surface area contributed by atoms with E-state index in [1.165, 1.54) is 0 Å². The molecule has 5 heteroatoms. The van der Waals surface area contributed by atoms with Crippen LogP contribution >= 0.6 is 0 Å². The van der Waals surface area contributed by atoms with Crippen molar-refractivity contribution < 1.29 is 14.7 Å².